The van der Waals surface area contributed by atoms with Gasteiger partial charge in [-0.05, 0) is 54.8 Å². The van der Waals surface area contributed by atoms with Crippen molar-refractivity contribution in [1.82, 2.24) is 4.31 Å². The molecule has 1 aliphatic rings. The third-order valence-electron chi connectivity index (χ3n) is 4.47. The second-order valence-electron chi connectivity index (χ2n) is 6.69. The van der Waals surface area contributed by atoms with Gasteiger partial charge in [-0.2, -0.15) is 16.1 Å². The molecule has 1 amide bonds. The van der Waals surface area contributed by atoms with Crippen molar-refractivity contribution in [1.29, 1.82) is 0 Å². The van der Waals surface area contributed by atoms with E-state index in [0.717, 1.165) is 5.69 Å². The molecule has 0 bridgehead atoms. The monoisotopic (exact) mass is 466 g/mol. The minimum Gasteiger partial charge on any atom is -0.490 e. The molecule has 0 aromatic heterocycles. The average molecular weight is 467 g/mol. The Morgan fingerprint density at radius 1 is 1.00 bits per heavy atom. The first-order chi connectivity index (χ1) is 15.0. The molecule has 0 spiro atoms. The minimum atomic E-state index is -3.51. The lowest BCUT2D eigenvalue weighted by Gasteiger charge is -2.26. The van der Waals surface area contributed by atoms with Crippen LogP contribution in [0.5, 0.6) is 11.5 Å². The van der Waals surface area contributed by atoms with Gasteiger partial charge in [-0.3, -0.25) is 4.79 Å². The second-order valence-corrected chi connectivity index (χ2v) is 9.49. The molecule has 2 aromatic carbocycles. The highest BCUT2D eigenvalue weighted by atomic mass is 32.2. The van der Waals surface area contributed by atoms with E-state index in [4.69, 9.17) is 14.2 Å². The number of carbonyl (C=O) groups is 1. The summed E-state index contributed by atoms with van der Waals surface area (Å²) in [7, 11) is -3.51. The molecule has 1 aliphatic heterocycles. The maximum atomic E-state index is 12.6. The number of anilines is 1. The highest BCUT2D eigenvalue weighted by molar-refractivity contribution is 7.99. The standard InChI is InChI=1S/C21H26N2O6S2/c1-30-16-21(24)22-17-2-4-18(5-3-17)28-14-15-29-19-6-8-20(9-7-19)31(25,26)23-10-12-27-13-11-23/h2-9H,10-16H2,1H3,(H,22,24). The number of amides is 1. The lowest BCUT2D eigenvalue weighted by molar-refractivity contribution is -0.113. The summed E-state index contributed by atoms with van der Waals surface area (Å²) in [5, 5.41) is 2.80. The minimum absolute atomic E-state index is 0.0432. The van der Waals surface area contributed by atoms with Crippen molar-refractivity contribution in [2.75, 3.05) is 56.8 Å². The van der Waals surface area contributed by atoms with Crippen LogP contribution in [-0.4, -0.2) is 70.2 Å². The highest BCUT2D eigenvalue weighted by Gasteiger charge is 2.26. The van der Waals surface area contributed by atoms with Gasteiger partial charge in [0.15, 0.2) is 0 Å². The molecule has 0 unspecified atom stereocenters. The predicted octanol–water partition coefficient (Wildman–Crippen LogP) is 2.47. The number of carbonyl (C=O) groups excluding carboxylic acids is 1. The van der Waals surface area contributed by atoms with Gasteiger partial charge in [0.05, 0.1) is 23.9 Å². The Morgan fingerprint density at radius 3 is 2.10 bits per heavy atom. The number of hydrogen-bond donors (Lipinski definition) is 1. The molecule has 1 heterocycles. The number of morpholine rings is 1. The van der Waals surface area contributed by atoms with Crippen molar-refractivity contribution in [2.24, 2.45) is 0 Å². The zero-order chi connectivity index (χ0) is 22.1. The molecule has 1 saturated heterocycles. The fraction of sp³-hybridized carbons (Fsp3) is 0.381. The summed E-state index contributed by atoms with van der Waals surface area (Å²) < 4.78 is 43.1. The number of sulfonamides is 1. The molecule has 1 fully saturated rings. The van der Waals surface area contributed by atoms with Gasteiger partial charge in [-0.25, -0.2) is 8.42 Å². The molecule has 10 heteroatoms. The van der Waals surface area contributed by atoms with E-state index < -0.39 is 10.0 Å². The van der Waals surface area contributed by atoms with Crippen molar-refractivity contribution in [3.05, 3.63) is 48.5 Å². The van der Waals surface area contributed by atoms with E-state index in [2.05, 4.69) is 5.32 Å². The smallest absolute Gasteiger partial charge is 0.243 e. The summed E-state index contributed by atoms with van der Waals surface area (Å²) in [6.45, 7) is 2.19. The van der Waals surface area contributed by atoms with E-state index in [1.54, 1.807) is 48.5 Å². The lowest BCUT2D eigenvalue weighted by atomic mass is 10.3. The first kappa shape index (κ1) is 23.4. The van der Waals surface area contributed by atoms with E-state index in [1.807, 2.05) is 6.26 Å². The summed E-state index contributed by atoms with van der Waals surface area (Å²) in [5.74, 6) is 1.60. The van der Waals surface area contributed by atoms with E-state index in [-0.39, 0.29) is 10.8 Å². The van der Waals surface area contributed by atoms with Gasteiger partial charge in [0.1, 0.15) is 24.7 Å². The summed E-state index contributed by atoms with van der Waals surface area (Å²) in [5.41, 5.74) is 0.717. The molecule has 3 rings (SSSR count). The quantitative estimate of drug-likeness (QED) is 0.538. The molecule has 1 N–H and O–H groups in total. The first-order valence-corrected chi connectivity index (χ1v) is 12.6. The molecule has 8 nitrogen and oxygen atoms in total. The van der Waals surface area contributed by atoms with E-state index >= 15 is 0 Å². The van der Waals surface area contributed by atoms with Gasteiger partial charge in [-0.15, -0.1) is 0 Å². The Hall–Kier alpha value is -2.27. The summed E-state index contributed by atoms with van der Waals surface area (Å²) in [6.07, 6.45) is 1.88. The molecule has 0 saturated carbocycles. The van der Waals surface area contributed by atoms with Gasteiger partial charge >= 0.3 is 0 Å². The van der Waals surface area contributed by atoms with E-state index in [9.17, 15) is 13.2 Å². The number of ether oxygens (including phenoxy) is 3. The van der Waals surface area contributed by atoms with Gasteiger partial charge < -0.3 is 19.5 Å². The first-order valence-electron chi connectivity index (χ1n) is 9.81. The summed E-state index contributed by atoms with van der Waals surface area (Å²) >= 11 is 1.47. The largest absolute Gasteiger partial charge is 0.490 e. The number of nitrogens with zero attached hydrogens (tertiary/aromatic N) is 1. The van der Waals surface area contributed by atoms with Gasteiger partial charge in [0.2, 0.25) is 15.9 Å². The summed E-state index contributed by atoms with van der Waals surface area (Å²) in [6, 6.07) is 13.5. The molecule has 0 radical (unpaired) electrons. The highest BCUT2D eigenvalue weighted by Crippen LogP contribution is 2.21. The third kappa shape index (κ3) is 6.86. The van der Waals surface area contributed by atoms with Crippen LogP contribution in [0.2, 0.25) is 0 Å². The molecular weight excluding hydrogens is 440 g/mol. The van der Waals surface area contributed by atoms with Gasteiger partial charge in [0.25, 0.3) is 0 Å². The number of benzene rings is 2. The van der Waals surface area contributed by atoms with Crippen molar-refractivity contribution < 1.29 is 27.4 Å². The fourth-order valence-electron chi connectivity index (χ4n) is 2.93. The average Bonchev–Trinajstić information content (AvgIpc) is 2.79. The van der Waals surface area contributed by atoms with Crippen LogP contribution in [0.1, 0.15) is 0 Å². The van der Waals surface area contributed by atoms with Crippen LogP contribution >= 0.6 is 11.8 Å². The number of hydrogen-bond acceptors (Lipinski definition) is 7. The Bertz CT molecular complexity index is 943. The van der Waals surface area contributed by atoms with Crippen LogP contribution in [0.4, 0.5) is 5.69 Å². The van der Waals surface area contributed by atoms with Gasteiger partial charge in [0, 0.05) is 18.8 Å². The molecule has 0 atom stereocenters. The topological polar surface area (TPSA) is 94.2 Å². The number of rotatable bonds is 10. The Labute approximate surface area is 186 Å². The van der Waals surface area contributed by atoms with E-state index in [0.29, 0.717) is 56.8 Å². The van der Waals surface area contributed by atoms with Crippen molar-refractivity contribution in [3.63, 3.8) is 0 Å². The third-order valence-corrected chi connectivity index (χ3v) is 6.93. The number of nitrogens with one attached hydrogen (secondary N) is 1. The molecular formula is C21H26N2O6S2. The zero-order valence-electron chi connectivity index (χ0n) is 17.3. The summed E-state index contributed by atoms with van der Waals surface area (Å²) in [4.78, 5) is 11.8. The Kier molecular flexibility index (Phi) is 8.59. The van der Waals surface area contributed by atoms with Crippen molar-refractivity contribution >= 4 is 33.4 Å². The second kappa shape index (κ2) is 11.4. The zero-order valence-corrected chi connectivity index (χ0v) is 18.9. The Balaban J connectivity index is 1.43. The number of thioether (sulfide) groups is 1. The van der Waals surface area contributed by atoms with Crippen LogP contribution in [0.25, 0.3) is 0 Å². The van der Waals surface area contributed by atoms with Crippen molar-refractivity contribution in [2.45, 2.75) is 4.90 Å². The van der Waals surface area contributed by atoms with Crippen LogP contribution in [0.3, 0.4) is 0 Å². The van der Waals surface area contributed by atoms with Crippen LogP contribution in [0.15, 0.2) is 53.4 Å². The maximum absolute atomic E-state index is 12.6. The van der Waals surface area contributed by atoms with Gasteiger partial charge in [-0.1, -0.05) is 0 Å². The fourth-order valence-corrected chi connectivity index (χ4v) is 4.67. The van der Waals surface area contributed by atoms with Crippen molar-refractivity contribution in [3.8, 4) is 11.5 Å². The molecule has 2 aromatic rings. The normalized spacial score (nSPS) is 14.7. The van der Waals surface area contributed by atoms with Crippen LogP contribution in [-0.2, 0) is 19.6 Å². The van der Waals surface area contributed by atoms with E-state index in [1.165, 1.54) is 16.1 Å². The predicted molar refractivity (Wildman–Crippen MR) is 120 cm³/mol. The van der Waals surface area contributed by atoms with Crippen LogP contribution in [0, 0.1) is 0 Å². The molecule has 0 aliphatic carbocycles. The van der Waals surface area contributed by atoms with Crippen LogP contribution < -0.4 is 14.8 Å². The lowest BCUT2D eigenvalue weighted by Crippen LogP contribution is -2.40. The Morgan fingerprint density at radius 2 is 1.55 bits per heavy atom. The SMILES string of the molecule is CSCC(=O)Nc1ccc(OCCOc2ccc(S(=O)(=O)N3CCOCC3)cc2)cc1. The molecule has 168 valence electrons. The maximum Gasteiger partial charge on any atom is 0.243 e. The molecule has 31 heavy (non-hydrogen) atoms.